The monoisotopic (exact) mass is 267 g/mol. The second-order valence-corrected chi connectivity index (χ2v) is 4.80. The van der Waals surface area contributed by atoms with Crippen LogP contribution in [0, 0.1) is 0 Å². The predicted octanol–water partition coefficient (Wildman–Crippen LogP) is 1.70. The van der Waals surface area contributed by atoms with Crippen LogP contribution in [0.2, 0.25) is 0 Å². The Hall–Kier alpha value is -2.27. The molecule has 3 aromatic rings. The van der Waals surface area contributed by atoms with E-state index in [2.05, 4.69) is 44.9 Å². The SMILES string of the molecule is Cn1cc(CNCCc2cccc3cccnc23)nn1. The number of rotatable bonds is 5. The lowest BCUT2D eigenvalue weighted by atomic mass is 10.1. The summed E-state index contributed by atoms with van der Waals surface area (Å²) >= 11 is 0. The molecule has 0 radical (unpaired) electrons. The molecule has 0 bridgehead atoms. The fourth-order valence-corrected chi connectivity index (χ4v) is 2.28. The normalized spacial score (nSPS) is 11.1. The Morgan fingerprint density at radius 1 is 1.20 bits per heavy atom. The van der Waals surface area contributed by atoms with Gasteiger partial charge in [0.2, 0.25) is 0 Å². The first kappa shape index (κ1) is 12.7. The van der Waals surface area contributed by atoms with Gasteiger partial charge in [-0.05, 0) is 24.6 Å². The Bertz CT molecular complexity index is 699. The third kappa shape index (κ3) is 2.83. The standard InChI is InChI=1S/C15H17N5/c1-20-11-14(18-19-20)10-16-9-7-13-5-2-4-12-6-3-8-17-15(12)13/h2-6,8,11,16H,7,9-10H2,1H3. The van der Waals surface area contributed by atoms with Gasteiger partial charge in [-0.25, -0.2) is 0 Å². The molecule has 1 N–H and O–H groups in total. The maximum absolute atomic E-state index is 4.47. The highest BCUT2D eigenvalue weighted by atomic mass is 15.4. The van der Waals surface area contributed by atoms with Crippen molar-refractivity contribution < 1.29 is 0 Å². The molecule has 0 spiro atoms. The highest BCUT2D eigenvalue weighted by Crippen LogP contribution is 2.15. The number of hydrogen-bond donors (Lipinski definition) is 1. The predicted molar refractivity (Wildman–Crippen MR) is 78.2 cm³/mol. The lowest BCUT2D eigenvalue weighted by molar-refractivity contribution is 0.671. The maximum atomic E-state index is 4.47. The molecule has 2 heterocycles. The van der Waals surface area contributed by atoms with Crippen LogP contribution < -0.4 is 5.32 Å². The number of aromatic nitrogens is 4. The van der Waals surface area contributed by atoms with E-state index in [1.807, 2.05) is 25.5 Å². The van der Waals surface area contributed by atoms with E-state index in [0.717, 1.165) is 30.7 Å². The summed E-state index contributed by atoms with van der Waals surface area (Å²) in [5.41, 5.74) is 3.33. The van der Waals surface area contributed by atoms with Crippen LogP contribution in [0.1, 0.15) is 11.3 Å². The summed E-state index contributed by atoms with van der Waals surface area (Å²) in [6, 6.07) is 10.4. The first-order valence-electron chi connectivity index (χ1n) is 6.71. The van der Waals surface area contributed by atoms with Gasteiger partial charge in [0, 0.05) is 31.4 Å². The average molecular weight is 267 g/mol. The third-order valence-electron chi connectivity index (χ3n) is 3.24. The number of hydrogen-bond acceptors (Lipinski definition) is 4. The zero-order valence-electron chi connectivity index (χ0n) is 11.5. The molecule has 5 nitrogen and oxygen atoms in total. The van der Waals surface area contributed by atoms with Gasteiger partial charge in [-0.15, -0.1) is 5.10 Å². The minimum atomic E-state index is 0.742. The van der Waals surface area contributed by atoms with Gasteiger partial charge in [0.15, 0.2) is 0 Å². The molecular weight excluding hydrogens is 250 g/mol. The van der Waals surface area contributed by atoms with E-state index in [0.29, 0.717) is 0 Å². The third-order valence-corrected chi connectivity index (χ3v) is 3.24. The fourth-order valence-electron chi connectivity index (χ4n) is 2.28. The van der Waals surface area contributed by atoms with Crippen molar-refractivity contribution in [1.29, 1.82) is 0 Å². The van der Waals surface area contributed by atoms with Gasteiger partial charge in [0.05, 0.1) is 11.2 Å². The summed E-state index contributed by atoms with van der Waals surface area (Å²) in [5.74, 6) is 0. The summed E-state index contributed by atoms with van der Waals surface area (Å²) in [5, 5.41) is 12.5. The Kier molecular flexibility index (Phi) is 3.69. The molecule has 5 heteroatoms. The van der Waals surface area contributed by atoms with Crippen LogP contribution in [0.5, 0.6) is 0 Å². The van der Waals surface area contributed by atoms with Gasteiger partial charge in [0.1, 0.15) is 0 Å². The highest BCUT2D eigenvalue weighted by molar-refractivity contribution is 5.81. The Morgan fingerprint density at radius 2 is 2.10 bits per heavy atom. The van der Waals surface area contributed by atoms with Gasteiger partial charge >= 0.3 is 0 Å². The summed E-state index contributed by atoms with van der Waals surface area (Å²) in [7, 11) is 1.87. The molecule has 0 amide bonds. The van der Waals surface area contributed by atoms with Gasteiger partial charge in [-0.1, -0.05) is 29.5 Å². The van der Waals surface area contributed by atoms with Gasteiger partial charge in [-0.2, -0.15) is 0 Å². The number of fused-ring (bicyclic) bond motifs is 1. The average Bonchev–Trinajstić information content (AvgIpc) is 2.89. The lowest BCUT2D eigenvalue weighted by Gasteiger charge is -2.06. The summed E-state index contributed by atoms with van der Waals surface area (Å²) in [6.07, 6.45) is 4.72. The molecule has 20 heavy (non-hydrogen) atoms. The van der Waals surface area contributed by atoms with Gasteiger partial charge in [0.25, 0.3) is 0 Å². The van der Waals surface area contributed by atoms with Crippen molar-refractivity contribution in [2.45, 2.75) is 13.0 Å². The minimum Gasteiger partial charge on any atom is -0.311 e. The van der Waals surface area contributed by atoms with E-state index in [4.69, 9.17) is 0 Å². The number of nitrogens with zero attached hydrogens (tertiary/aromatic N) is 4. The van der Waals surface area contributed by atoms with Crippen molar-refractivity contribution in [3.05, 3.63) is 54.0 Å². The van der Waals surface area contributed by atoms with Gasteiger partial charge in [-0.3, -0.25) is 9.67 Å². The van der Waals surface area contributed by atoms with Crippen LogP contribution in [0.25, 0.3) is 10.9 Å². The van der Waals surface area contributed by atoms with Crippen LogP contribution in [0.3, 0.4) is 0 Å². The molecule has 0 saturated heterocycles. The second kappa shape index (κ2) is 5.79. The van der Waals surface area contributed by atoms with Crippen molar-refractivity contribution >= 4 is 10.9 Å². The zero-order valence-corrected chi connectivity index (χ0v) is 11.5. The Labute approximate surface area is 117 Å². The van der Waals surface area contributed by atoms with Crippen LogP contribution in [0.15, 0.2) is 42.7 Å². The first-order valence-corrected chi connectivity index (χ1v) is 6.71. The number of benzene rings is 1. The number of aryl methyl sites for hydroxylation is 1. The molecule has 102 valence electrons. The summed E-state index contributed by atoms with van der Waals surface area (Å²) in [4.78, 5) is 4.47. The molecule has 3 rings (SSSR count). The van der Waals surface area contributed by atoms with Crippen molar-refractivity contribution in [3.63, 3.8) is 0 Å². The molecule has 0 aliphatic carbocycles. The maximum Gasteiger partial charge on any atom is 0.0964 e. The van der Waals surface area contributed by atoms with Crippen LogP contribution >= 0.6 is 0 Å². The molecule has 0 aliphatic rings. The van der Waals surface area contributed by atoms with E-state index in [1.165, 1.54) is 10.9 Å². The molecule has 0 fully saturated rings. The van der Waals surface area contributed by atoms with E-state index >= 15 is 0 Å². The minimum absolute atomic E-state index is 0.742. The largest absolute Gasteiger partial charge is 0.311 e. The van der Waals surface area contributed by atoms with E-state index in [9.17, 15) is 0 Å². The first-order chi connectivity index (χ1) is 9.83. The number of para-hydroxylation sites is 1. The van der Waals surface area contributed by atoms with Crippen molar-refractivity contribution in [2.24, 2.45) is 7.05 Å². The quantitative estimate of drug-likeness (QED) is 0.715. The van der Waals surface area contributed by atoms with Crippen molar-refractivity contribution in [1.82, 2.24) is 25.3 Å². The Morgan fingerprint density at radius 3 is 2.95 bits per heavy atom. The molecule has 0 aliphatic heterocycles. The molecule has 0 saturated carbocycles. The van der Waals surface area contributed by atoms with E-state index < -0.39 is 0 Å². The van der Waals surface area contributed by atoms with Gasteiger partial charge < -0.3 is 5.32 Å². The second-order valence-electron chi connectivity index (χ2n) is 4.80. The molecule has 0 unspecified atom stereocenters. The molecular formula is C15H17N5. The van der Waals surface area contributed by atoms with Crippen molar-refractivity contribution in [3.8, 4) is 0 Å². The summed E-state index contributed by atoms with van der Waals surface area (Å²) in [6.45, 7) is 1.64. The fraction of sp³-hybridized carbons (Fsp3) is 0.267. The molecule has 2 aromatic heterocycles. The van der Waals surface area contributed by atoms with Crippen LogP contribution in [-0.2, 0) is 20.0 Å². The number of nitrogens with one attached hydrogen (secondary N) is 1. The van der Waals surface area contributed by atoms with Crippen molar-refractivity contribution in [2.75, 3.05) is 6.54 Å². The van der Waals surface area contributed by atoms with Crippen LogP contribution in [0.4, 0.5) is 0 Å². The topological polar surface area (TPSA) is 55.6 Å². The summed E-state index contributed by atoms with van der Waals surface area (Å²) < 4.78 is 1.71. The van der Waals surface area contributed by atoms with E-state index in [-0.39, 0.29) is 0 Å². The van der Waals surface area contributed by atoms with Crippen LogP contribution in [-0.4, -0.2) is 26.5 Å². The number of pyridine rings is 1. The Balaban J connectivity index is 1.60. The highest BCUT2D eigenvalue weighted by Gasteiger charge is 2.02. The molecule has 0 atom stereocenters. The molecule has 1 aromatic carbocycles. The smallest absolute Gasteiger partial charge is 0.0964 e. The van der Waals surface area contributed by atoms with E-state index in [1.54, 1.807) is 4.68 Å². The lowest BCUT2D eigenvalue weighted by Crippen LogP contribution is -2.17. The zero-order chi connectivity index (χ0) is 13.8.